The van der Waals surface area contributed by atoms with Crippen LogP contribution in [0.5, 0.6) is 0 Å². The van der Waals surface area contributed by atoms with Crippen LogP contribution < -0.4 is 0 Å². The molecular formula is C9H7IN2. The largest absolute Gasteiger partial charge is 0.228 e. The fourth-order valence-corrected chi connectivity index (χ4v) is 1.61. The van der Waals surface area contributed by atoms with Crippen molar-refractivity contribution < 1.29 is 0 Å². The van der Waals surface area contributed by atoms with Crippen molar-refractivity contribution in [3.05, 3.63) is 46.3 Å². The molecule has 0 atom stereocenters. The van der Waals surface area contributed by atoms with Gasteiger partial charge in [0.15, 0.2) is 0 Å². The van der Waals surface area contributed by atoms with Crippen LogP contribution in [0.1, 0.15) is 0 Å². The van der Waals surface area contributed by atoms with Crippen molar-refractivity contribution >= 4 is 22.6 Å². The van der Waals surface area contributed by atoms with Gasteiger partial charge in [-0.1, -0.05) is 18.2 Å². The molecule has 0 radical (unpaired) electrons. The van der Waals surface area contributed by atoms with Crippen LogP contribution in [0.2, 0.25) is 0 Å². The van der Waals surface area contributed by atoms with E-state index in [9.17, 15) is 0 Å². The monoisotopic (exact) mass is 270 g/mol. The summed E-state index contributed by atoms with van der Waals surface area (Å²) in [4.78, 5) is 0. The molecule has 60 valence electrons. The van der Waals surface area contributed by atoms with E-state index < -0.39 is 0 Å². The van der Waals surface area contributed by atoms with Gasteiger partial charge in [0, 0.05) is 0 Å². The molecule has 2 rings (SSSR count). The Kier molecular flexibility index (Phi) is 2.12. The van der Waals surface area contributed by atoms with E-state index in [1.165, 1.54) is 0 Å². The Hall–Kier alpha value is -0.840. The molecule has 0 aliphatic heterocycles. The molecule has 0 N–H and O–H groups in total. The number of rotatable bonds is 1. The van der Waals surface area contributed by atoms with E-state index in [1.807, 2.05) is 41.1 Å². The second-order valence-electron chi connectivity index (χ2n) is 2.40. The fourth-order valence-electron chi connectivity index (χ4n) is 1.05. The van der Waals surface area contributed by atoms with Gasteiger partial charge in [0.1, 0.15) is 3.70 Å². The van der Waals surface area contributed by atoms with Gasteiger partial charge in [-0.2, -0.15) is 5.10 Å². The van der Waals surface area contributed by atoms with E-state index in [4.69, 9.17) is 0 Å². The highest BCUT2D eigenvalue weighted by atomic mass is 127. The molecule has 0 saturated heterocycles. The molecule has 0 fully saturated rings. The second kappa shape index (κ2) is 3.26. The summed E-state index contributed by atoms with van der Waals surface area (Å²) in [5.74, 6) is 0. The summed E-state index contributed by atoms with van der Waals surface area (Å²) in [6.07, 6.45) is 1.80. The van der Waals surface area contributed by atoms with Gasteiger partial charge in [0.25, 0.3) is 0 Å². The summed E-state index contributed by atoms with van der Waals surface area (Å²) in [6, 6.07) is 12.1. The molecule has 0 aliphatic rings. The first kappa shape index (κ1) is 7.79. The molecule has 0 unspecified atom stereocenters. The van der Waals surface area contributed by atoms with Crippen LogP contribution in [0, 0.1) is 3.70 Å². The van der Waals surface area contributed by atoms with E-state index >= 15 is 0 Å². The van der Waals surface area contributed by atoms with Gasteiger partial charge in [0.05, 0.1) is 11.9 Å². The first-order valence-electron chi connectivity index (χ1n) is 3.63. The Labute approximate surface area is 84.4 Å². The maximum atomic E-state index is 4.20. The fraction of sp³-hybridized carbons (Fsp3) is 0. The molecule has 1 aromatic heterocycles. The topological polar surface area (TPSA) is 17.8 Å². The van der Waals surface area contributed by atoms with Crippen LogP contribution in [0.15, 0.2) is 42.6 Å². The van der Waals surface area contributed by atoms with Crippen LogP contribution in [0.3, 0.4) is 0 Å². The smallest absolute Gasteiger partial charge is 0.105 e. The van der Waals surface area contributed by atoms with Gasteiger partial charge in [-0.3, -0.25) is 0 Å². The van der Waals surface area contributed by atoms with Crippen molar-refractivity contribution in [2.24, 2.45) is 0 Å². The van der Waals surface area contributed by atoms with E-state index in [2.05, 4.69) is 27.7 Å². The maximum Gasteiger partial charge on any atom is 0.105 e. The summed E-state index contributed by atoms with van der Waals surface area (Å²) in [5.41, 5.74) is 1.10. The molecule has 2 nitrogen and oxygen atoms in total. The van der Waals surface area contributed by atoms with Crippen LogP contribution in [-0.4, -0.2) is 9.78 Å². The molecule has 0 saturated carbocycles. The molecular weight excluding hydrogens is 263 g/mol. The molecule has 0 spiro atoms. The number of para-hydroxylation sites is 1. The quantitative estimate of drug-likeness (QED) is 0.728. The molecule has 1 heterocycles. The van der Waals surface area contributed by atoms with Crippen molar-refractivity contribution in [1.29, 1.82) is 0 Å². The van der Waals surface area contributed by atoms with Crippen LogP contribution in [0.4, 0.5) is 0 Å². The minimum atomic E-state index is 1.10. The van der Waals surface area contributed by atoms with Crippen molar-refractivity contribution in [2.45, 2.75) is 0 Å². The first-order valence-corrected chi connectivity index (χ1v) is 4.71. The number of hydrogen-bond donors (Lipinski definition) is 0. The molecule has 1 aromatic carbocycles. The van der Waals surface area contributed by atoms with Crippen LogP contribution >= 0.6 is 22.6 Å². The van der Waals surface area contributed by atoms with Crippen LogP contribution in [0.25, 0.3) is 5.69 Å². The van der Waals surface area contributed by atoms with Gasteiger partial charge in [-0.05, 0) is 40.8 Å². The van der Waals surface area contributed by atoms with E-state index in [1.54, 1.807) is 6.20 Å². The summed E-state index contributed by atoms with van der Waals surface area (Å²) < 4.78 is 3.03. The maximum absolute atomic E-state index is 4.20. The van der Waals surface area contributed by atoms with E-state index in [0.717, 1.165) is 9.39 Å². The summed E-state index contributed by atoms with van der Waals surface area (Å²) in [7, 11) is 0. The Morgan fingerprint density at radius 1 is 1.08 bits per heavy atom. The Morgan fingerprint density at radius 3 is 2.42 bits per heavy atom. The zero-order valence-corrected chi connectivity index (χ0v) is 8.47. The predicted molar refractivity (Wildman–Crippen MR) is 56.3 cm³/mol. The first-order chi connectivity index (χ1) is 5.88. The number of halogens is 1. The highest BCUT2D eigenvalue weighted by Gasteiger charge is 1.98. The number of hydrogen-bond acceptors (Lipinski definition) is 1. The summed E-state index contributed by atoms with van der Waals surface area (Å²) in [6.45, 7) is 0. The molecule has 0 aliphatic carbocycles. The number of benzene rings is 1. The molecule has 3 heteroatoms. The minimum Gasteiger partial charge on any atom is -0.228 e. The highest BCUT2D eigenvalue weighted by molar-refractivity contribution is 14.1. The normalized spacial score (nSPS) is 10.1. The van der Waals surface area contributed by atoms with Crippen molar-refractivity contribution in [1.82, 2.24) is 9.78 Å². The third kappa shape index (κ3) is 1.36. The zero-order chi connectivity index (χ0) is 8.39. The van der Waals surface area contributed by atoms with Crippen LogP contribution in [-0.2, 0) is 0 Å². The van der Waals surface area contributed by atoms with Gasteiger partial charge >= 0.3 is 0 Å². The average Bonchev–Trinajstić information content (AvgIpc) is 2.53. The Bertz CT molecular complexity index is 367. The lowest BCUT2D eigenvalue weighted by Crippen LogP contribution is -1.97. The Morgan fingerprint density at radius 2 is 1.83 bits per heavy atom. The molecule has 12 heavy (non-hydrogen) atoms. The van der Waals surface area contributed by atoms with E-state index in [-0.39, 0.29) is 0 Å². The van der Waals surface area contributed by atoms with E-state index in [0.29, 0.717) is 0 Å². The third-order valence-electron chi connectivity index (χ3n) is 1.60. The van der Waals surface area contributed by atoms with Gasteiger partial charge in [0.2, 0.25) is 0 Å². The third-order valence-corrected chi connectivity index (χ3v) is 2.41. The lowest BCUT2D eigenvalue weighted by Gasteiger charge is -2.00. The standard InChI is InChI=1S/C9H7IN2/c10-9-6-7-11-12(9)8-4-2-1-3-5-8/h1-7H. The SMILES string of the molecule is Ic1ccnn1-c1ccccc1. The Balaban J connectivity index is 2.51. The number of nitrogens with zero attached hydrogens (tertiary/aromatic N) is 2. The predicted octanol–water partition coefficient (Wildman–Crippen LogP) is 2.48. The van der Waals surface area contributed by atoms with Crippen molar-refractivity contribution in [2.75, 3.05) is 0 Å². The minimum absolute atomic E-state index is 1.10. The summed E-state index contributed by atoms with van der Waals surface area (Å²) in [5, 5.41) is 4.20. The van der Waals surface area contributed by atoms with Crippen molar-refractivity contribution in [3.63, 3.8) is 0 Å². The van der Waals surface area contributed by atoms with Crippen molar-refractivity contribution in [3.8, 4) is 5.69 Å². The van der Waals surface area contributed by atoms with Gasteiger partial charge in [-0.15, -0.1) is 0 Å². The molecule has 2 aromatic rings. The highest BCUT2D eigenvalue weighted by Crippen LogP contribution is 2.10. The van der Waals surface area contributed by atoms with Gasteiger partial charge < -0.3 is 0 Å². The molecule has 0 bridgehead atoms. The lowest BCUT2D eigenvalue weighted by atomic mass is 10.3. The second-order valence-corrected chi connectivity index (χ2v) is 3.51. The molecule has 0 amide bonds. The summed E-state index contributed by atoms with van der Waals surface area (Å²) >= 11 is 2.26. The zero-order valence-electron chi connectivity index (χ0n) is 6.31. The average molecular weight is 270 g/mol. The lowest BCUT2D eigenvalue weighted by molar-refractivity contribution is 0.859. The number of aromatic nitrogens is 2. The van der Waals surface area contributed by atoms with Gasteiger partial charge in [-0.25, -0.2) is 4.68 Å².